The summed E-state index contributed by atoms with van der Waals surface area (Å²) in [6.45, 7) is 3.38. The average Bonchev–Trinajstić information content (AvgIpc) is 2.16. The minimum atomic E-state index is 0.151. The van der Waals surface area contributed by atoms with Crippen LogP contribution in [0, 0.1) is 0 Å². The number of fused-ring (bicyclic) bond motifs is 1. The lowest BCUT2D eigenvalue weighted by molar-refractivity contribution is -0.128. The molecule has 3 unspecified atom stereocenters. The van der Waals surface area contributed by atoms with Gasteiger partial charge in [-0.05, 0) is 19.8 Å². The quantitative estimate of drug-likeness (QED) is 0.680. The van der Waals surface area contributed by atoms with Crippen LogP contribution < -0.4 is 11.1 Å². The van der Waals surface area contributed by atoms with Crippen LogP contribution >= 0.6 is 0 Å². The van der Waals surface area contributed by atoms with Crippen LogP contribution in [0.3, 0.4) is 0 Å². The zero-order valence-corrected chi connectivity index (χ0v) is 9.41. The van der Waals surface area contributed by atoms with E-state index in [-0.39, 0.29) is 11.9 Å². The fraction of sp³-hybridized carbons (Fsp3) is 0.909. The number of carbonyl (C=O) groups is 1. The Morgan fingerprint density at radius 1 is 1.53 bits per heavy atom. The molecular formula is C11H21N3O. The number of nitrogens with zero attached hydrogens (tertiary/aromatic N) is 1. The molecule has 0 aromatic heterocycles. The molecule has 15 heavy (non-hydrogen) atoms. The van der Waals surface area contributed by atoms with Gasteiger partial charge >= 0.3 is 0 Å². The van der Waals surface area contributed by atoms with E-state index in [1.54, 1.807) is 0 Å². The van der Waals surface area contributed by atoms with Crippen LogP contribution in [0.25, 0.3) is 0 Å². The Bertz CT molecular complexity index is 242. The lowest BCUT2D eigenvalue weighted by atomic mass is 9.87. The molecule has 0 spiro atoms. The summed E-state index contributed by atoms with van der Waals surface area (Å²) in [5.41, 5.74) is 5.82. The summed E-state index contributed by atoms with van der Waals surface area (Å²) >= 11 is 0. The van der Waals surface area contributed by atoms with Gasteiger partial charge in [-0.3, -0.25) is 9.69 Å². The molecule has 3 N–H and O–H groups in total. The van der Waals surface area contributed by atoms with E-state index in [2.05, 4.69) is 10.2 Å². The van der Waals surface area contributed by atoms with Crippen molar-refractivity contribution < 1.29 is 4.79 Å². The summed E-state index contributed by atoms with van der Waals surface area (Å²) in [6.07, 6.45) is 4.86. The molecule has 1 aliphatic carbocycles. The molecule has 0 aromatic carbocycles. The molecule has 2 aliphatic rings. The van der Waals surface area contributed by atoms with Gasteiger partial charge in [0, 0.05) is 24.7 Å². The fourth-order valence-electron chi connectivity index (χ4n) is 2.84. The predicted octanol–water partition coefficient (Wildman–Crippen LogP) is 0.0766. The van der Waals surface area contributed by atoms with Gasteiger partial charge in [-0.15, -0.1) is 0 Å². The van der Waals surface area contributed by atoms with Crippen LogP contribution in [-0.4, -0.2) is 42.0 Å². The highest BCUT2D eigenvalue weighted by atomic mass is 16.2. The Morgan fingerprint density at radius 2 is 2.27 bits per heavy atom. The number of hydrogen-bond donors (Lipinski definition) is 2. The summed E-state index contributed by atoms with van der Waals surface area (Å²) in [5, 5.41) is 3.10. The van der Waals surface area contributed by atoms with Gasteiger partial charge in [0.2, 0.25) is 5.91 Å². The SMILES string of the molecule is CC(N)CN1CC(=O)NC2CCCCC21. The van der Waals surface area contributed by atoms with Crippen molar-refractivity contribution in [3.8, 4) is 0 Å². The Hall–Kier alpha value is -0.610. The lowest BCUT2D eigenvalue weighted by Gasteiger charge is -2.44. The van der Waals surface area contributed by atoms with Crippen LogP contribution in [0.15, 0.2) is 0 Å². The van der Waals surface area contributed by atoms with E-state index in [0.717, 1.165) is 13.0 Å². The van der Waals surface area contributed by atoms with Crippen LogP contribution in [0.2, 0.25) is 0 Å². The van der Waals surface area contributed by atoms with Crippen LogP contribution in [0.5, 0.6) is 0 Å². The summed E-state index contributed by atoms with van der Waals surface area (Å²) in [4.78, 5) is 13.8. The Balaban J connectivity index is 2.03. The van der Waals surface area contributed by atoms with Gasteiger partial charge in [0.1, 0.15) is 0 Å². The molecule has 1 amide bonds. The van der Waals surface area contributed by atoms with Crippen molar-refractivity contribution in [2.45, 2.75) is 50.7 Å². The van der Waals surface area contributed by atoms with Crippen molar-refractivity contribution in [1.29, 1.82) is 0 Å². The second-order valence-corrected chi connectivity index (χ2v) is 4.93. The summed E-state index contributed by atoms with van der Waals surface area (Å²) in [6, 6.07) is 1.06. The third-order valence-corrected chi connectivity index (χ3v) is 3.41. The summed E-state index contributed by atoms with van der Waals surface area (Å²) in [5.74, 6) is 0.166. The fourth-order valence-corrected chi connectivity index (χ4v) is 2.84. The van der Waals surface area contributed by atoms with Gasteiger partial charge < -0.3 is 11.1 Å². The minimum absolute atomic E-state index is 0.151. The van der Waals surface area contributed by atoms with Crippen molar-refractivity contribution in [3.05, 3.63) is 0 Å². The predicted molar refractivity (Wildman–Crippen MR) is 59.4 cm³/mol. The Kier molecular flexibility index (Phi) is 3.26. The number of amides is 1. The van der Waals surface area contributed by atoms with Crippen molar-refractivity contribution in [2.24, 2.45) is 5.73 Å². The largest absolute Gasteiger partial charge is 0.351 e. The van der Waals surface area contributed by atoms with E-state index in [0.29, 0.717) is 18.6 Å². The molecule has 3 atom stereocenters. The van der Waals surface area contributed by atoms with Gasteiger partial charge in [-0.25, -0.2) is 0 Å². The number of nitrogens with two attached hydrogens (primary N) is 1. The first-order chi connectivity index (χ1) is 7.16. The average molecular weight is 211 g/mol. The first kappa shape index (κ1) is 10.9. The van der Waals surface area contributed by atoms with Gasteiger partial charge in [0.05, 0.1) is 6.54 Å². The standard InChI is InChI=1S/C11H21N3O/c1-8(12)6-14-7-11(15)13-9-4-2-3-5-10(9)14/h8-10H,2-7,12H2,1H3,(H,13,15). The minimum Gasteiger partial charge on any atom is -0.351 e. The van der Waals surface area contributed by atoms with Crippen molar-refractivity contribution in [1.82, 2.24) is 10.2 Å². The smallest absolute Gasteiger partial charge is 0.234 e. The molecule has 2 rings (SSSR count). The molecule has 2 fully saturated rings. The molecule has 4 nitrogen and oxygen atoms in total. The van der Waals surface area contributed by atoms with Crippen LogP contribution in [0.4, 0.5) is 0 Å². The maximum absolute atomic E-state index is 11.5. The number of hydrogen-bond acceptors (Lipinski definition) is 3. The Morgan fingerprint density at radius 3 is 3.00 bits per heavy atom. The molecule has 0 radical (unpaired) electrons. The highest BCUT2D eigenvalue weighted by molar-refractivity contribution is 5.79. The zero-order valence-electron chi connectivity index (χ0n) is 9.41. The van der Waals surface area contributed by atoms with Gasteiger partial charge in [0.15, 0.2) is 0 Å². The van der Waals surface area contributed by atoms with Crippen molar-refractivity contribution in [2.75, 3.05) is 13.1 Å². The number of rotatable bonds is 2. The first-order valence-corrected chi connectivity index (χ1v) is 5.96. The highest BCUT2D eigenvalue weighted by Gasteiger charge is 2.36. The van der Waals surface area contributed by atoms with E-state index in [9.17, 15) is 4.79 Å². The third-order valence-electron chi connectivity index (χ3n) is 3.41. The molecule has 86 valence electrons. The van der Waals surface area contributed by atoms with E-state index in [1.807, 2.05) is 6.92 Å². The molecule has 1 saturated carbocycles. The maximum Gasteiger partial charge on any atom is 0.234 e. The zero-order chi connectivity index (χ0) is 10.8. The summed E-state index contributed by atoms with van der Waals surface area (Å²) in [7, 11) is 0. The molecule has 1 saturated heterocycles. The molecule has 1 aliphatic heterocycles. The van der Waals surface area contributed by atoms with Crippen LogP contribution in [0.1, 0.15) is 32.6 Å². The first-order valence-electron chi connectivity index (χ1n) is 5.96. The highest BCUT2D eigenvalue weighted by Crippen LogP contribution is 2.25. The maximum atomic E-state index is 11.5. The van der Waals surface area contributed by atoms with Gasteiger partial charge in [-0.2, -0.15) is 0 Å². The van der Waals surface area contributed by atoms with Gasteiger partial charge in [-0.1, -0.05) is 12.8 Å². The van der Waals surface area contributed by atoms with Crippen molar-refractivity contribution >= 4 is 5.91 Å². The van der Waals surface area contributed by atoms with E-state index >= 15 is 0 Å². The second kappa shape index (κ2) is 4.49. The van der Waals surface area contributed by atoms with E-state index in [1.165, 1.54) is 19.3 Å². The summed E-state index contributed by atoms with van der Waals surface area (Å²) < 4.78 is 0. The van der Waals surface area contributed by atoms with Crippen molar-refractivity contribution in [3.63, 3.8) is 0 Å². The van der Waals surface area contributed by atoms with Crippen LogP contribution in [-0.2, 0) is 4.79 Å². The van der Waals surface area contributed by atoms with E-state index < -0.39 is 0 Å². The molecular weight excluding hydrogens is 190 g/mol. The number of carbonyl (C=O) groups excluding carboxylic acids is 1. The molecule has 4 heteroatoms. The normalized spacial score (nSPS) is 34.4. The molecule has 1 heterocycles. The van der Waals surface area contributed by atoms with Gasteiger partial charge in [0.25, 0.3) is 0 Å². The third kappa shape index (κ3) is 2.49. The topological polar surface area (TPSA) is 58.4 Å². The molecule has 0 bridgehead atoms. The monoisotopic (exact) mass is 211 g/mol. The number of piperazine rings is 1. The second-order valence-electron chi connectivity index (χ2n) is 4.93. The van der Waals surface area contributed by atoms with E-state index in [4.69, 9.17) is 5.73 Å². The lowest BCUT2D eigenvalue weighted by Crippen LogP contribution is -2.62. The molecule has 0 aromatic rings. The Labute approximate surface area is 91.2 Å². The number of nitrogens with one attached hydrogen (secondary N) is 1.